The van der Waals surface area contributed by atoms with Gasteiger partial charge in [-0.05, 0) is 24.5 Å². The van der Waals surface area contributed by atoms with Crippen LogP contribution in [-0.2, 0) is 10.0 Å². The van der Waals surface area contributed by atoms with Gasteiger partial charge in [0.25, 0.3) is 0 Å². The Kier molecular flexibility index (Phi) is 5.82. The largest absolute Gasteiger partial charge is 0.486 e. The van der Waals surface area contributed by atoms with Gasteiger partial charge in [-0.2, -0.15) is 0 Å². The lowest BCUT2D eigenvalue weighted by Crippen LogP contribution is -2.19. The second-order valence-electron chi connectivity index (χ2n) is 4.95. The van der Waals surface area contributed by atoms with Crippen LogP contribution >= 0.6 is 0 Å². The van der Waals surface area contributed by atoms with Crippen molar-refractivity contribution in [1.82, 2.24) is 0 Å². The van der Waals surface area contributed by atoms with Gasteiger partial charge in [-0.25, -0.2) is 8.42 Å². The maximum Gasteiger partial charge on any atom is 0.232 e. The lowest BCUT2D eigenvalue weighted by molar-refractivity contribution is 0.374. The second kappa shape index (κ2) is 7.14. The van der Waals surface area contributed by atoms with Gasteiger partial charge < -0.3 is 10.5 Å². The summed E-state index contributed by atoms with van der Waals surface area (Å²) in [6.45, 7) is 3.93. The predicted molar refractivity (Wildman–Crippen MR) is 80.7 cm³/mol. The molecule has 7 heteroatoms. The molecule has 0 amide bonds. The molecule has 0 spiro atoms. The van der Waals surface area contributed by atoms with Gasteiger partial charge in [0.05, 0.1) is 11.4 Å². The van der Waals surface area contributed by atoms with E-state index in [1.165, 1.54) is 0 Å². The summed E-state index contributed by atoms with van der Waals surface area (Å²) in [6.07, 6.45) is 0.607. The number of ether oxygens (including phenoxy) is 1. The highest BCUT2D eigenvalue weighted by molar-refractivity contribution is 7.92. The molecule has 0 bridgehead atoms. The van der Waals surface area contributed by atoms with E-state index in [4.69, 9.17) is 15.9 Å². The minimum Gasteiger partial charge on any atom is -0.486 e. The van der Waals surface area contributed by atoms with Crippen LogP contribution in [0.2, 0.25) is 0 Å². The number of hydrogen-bond donors (Lipinski definition) is 3. The summed E-state index contributed by atoms with van der Waals surface area (Å²) >= 11 is 0. The number of sulfonamides is 1. The van der Waals surface area contributed by atoms with Crippen LogP contribution < -0.4 is 15.2 Å². The van der Waals surface area contributed by atoms with Crippen LogP contribution in [0.3, 0.4) is 0 Å². The molecule has 112 valence electrons. The van der Waals surface area contributed by atoms with Gasteiger partial charge >= 0.3 is 0 Å². The third kappa shape index (κ3) is 6.42. The maximum atomic E-state index is 11.9. The average Bonchev–Trinajstić information content (AvgIpc) is 2.34. The molecule has 0 saturated heterocycles. The van der Waals surface area contributed by atoms with Crippen molar-refractivity contribution < 1.29 is 13.2 Å². The van der Waals surface area contributed by atoms with Gasteiger partial charge in [0.15, 0.2) is 0 Å². The second-order valence-corrected chi connectivity index (χ2v) is 6.79. The molecular weight excluding hydrogens is 278 g/mol. The van der Waals surface area contributed by atoms with E-state index in [1.807, 2.05) is 13.8 Å². The molecule has 0 fully saturated rings. The molecule has 0 aliphatic carbocycles. The maximum absolute atomic E-state index is 11.9. The zero-order valence-corrected chi connectivity index (χ0v) is 12.5. The van der Waals surface area contributed by atoms with Crippen LogP contribution in [0.1, 0.15) is 20.3 Å². The van der Waals surface area contributed by atoms with Gasteiger partial charge in [-0.15, -0.1) is 0 Å². The van der Waals surface area contributed by atoms with Crippen molar-refractivity contribution in [2.75, 3.05) is 17.1 Å². The van der Waals surface area contributed by atoms with Crippen LogP contribution in [0.15, 0.2) is 24.3 Å². The first-order valence-electron chi connectivity index (χ1n) is 6.35. The van der Waals surface area contributed by atoms with Gasteiger partial charge in [0.2, 0.25) is 10.0 Å². The van der Waals surface area contributed by atoms with Crippen molar-refractivity contribution in [3.05, 3.63) is 24.3 Å². The fourth-order valence-corrected chi connectivity index (χ4v) is 2.80. The first kappa shape index (κ1) is 16.3. The molecule has 1 aromatic rings. The van der Waals surface area contributed by atoms with Crippen LogP contribution in [0, 0.1) is 11.3 Å². The number of nitrogens with one attached hydrogen (secondary N) is 2. The van der Waals surface area contributed by atoms with E-state index < -0.39 is 10.0 Å². The lowest BCUT2D eigenvalue weighted by atomic mass is 10.2. The Labute approximate surface area is 119 Å². The zero-order chi connectivity index (χ0) is 15.2. The standard InChI is InChI=1S/C13H21N3O3S/c1-10(2)6-7-20(17,18)16-11-4-3-5-12(8-11)19-9-13(14)15/h3-5,8,10,16H,6-7,9H2,1-2H3,(H3,14,15). The Bertz CT molecular complexity index is 556. The van der Waals surface area contributed by atoms with Gasteiger partial charge in [0.1, 0.15) is 18.2 Å². The van der Waals surface area contributed by atoms with Gasteiger partial charge in [0, 0.05) is 6.07 Å². The van der Waals surface area contributed by atoms with Crippen LogP contribution in [-0.4, -0.2) is 26.6 Å². The summed E-state index contributed by atoms with van der Waals surface area (Å²) < 4.78 is 31.5. The Morgan fingerprint density at radius 2 is 2.15 bits per heavy atom. The summed E-state index contributed by atoms with van der Waals surface area (Å²) in [7, 11) is -3.35. The highest BCUT2D eigenvalue weighted by Crippen LogP contribution is 2.18. The van der Waals surface area contributed by atoms with E-state index in [0.29, 0.717) is 23.8 Å². The highest BCUT2D eigenvalue weighted by Gasteiger charge is 2.11. The number of anilines is 1. The van der Waals surface area contributed by atoms with E-state index in [1.54, 1.807) is 24.3 Å². The topological polar surface area (TPSA) is 105 Å². The van der Waals surface area contributed by atoms with E-state index >= 15 is 0 Å². The molecule has 0 radical (unpaired) electrons. The quantitative estimate of drug-likeness (QED) is 0.502. The van der Waals surface area contributed by atoms with Crippen molar-refractivity contribution in [1.29, 1.82) is 5.41 Å². The van der Waals surface area contributed by atoms with E-state index in [9.17, 15) is 8.42 Å². The van der Waals surface area contributed by atoms with Crippen molar-refractivity contribution in [3.63, 3.8) is 0 Å². The Hall–Kier alpha value is -1.76. The molecule has 0 unspecified atom stereocenters. The van der Waals surface area contributed by atoms with Crippen molar-refractivity contribution >= 4 is 21.5 Å². The van der Waals surface area contributed by atoms with Crippen LogP contribution in [0.25, 0.3) is 0 Å². The third-order valence-corrected chi connectivity index (χ3v) is 3.79. The summed E-state index contributed by atoms with van der Waals surface area (Å²) in [5.74, 6) is 0.789. The summed E-state index contributed by atoms with van der Waals surface area (Å²) in [6, 6.07) is 6.56. The highest BCUT2D eigenvalue weighted by atomic mass is 32.2. The van der Waals surface area contributed by atoms with Crippen molar-refractivity contribution in [2.45, 2.75) is 20.3 Å². The summed E-state index contributed by atoms with van der Waals surface area (Å²) in [5.41, 5.74) is 5.63. The normalized spacial score (nSPS) is 11.3. The molecule has 0 saturated carbocycles. The fourth-order valence-electron chi connectivity index (χ4n) is 1.43. The molecule has 4 N–H and O–H groups in total. The lowest BCUT2D eigenvalue weighted by Gasteiger charge is -2.11. The average molecular weight is 299 g/mol. The summed E-state index contributed by atoms with van der Waals surface area (Å²) in [5, 5.41) is 7.08. The van der Waals surface area contributed by atoms with E-state index in [-0.39, 0.29) is 18.2 Å². The number of hydrogen-bond acceptors (Lipinski definition) is 4. The first-order valence-corrected chi connectivity index (χ1v) is 8.00. The Morgan fingerprint density at radius 3 is 2.75 bits per heavy atom. The molecule has 1 rings (SSSR count). The number of amidine groups is 1. The van der Waals surface area contributed by atoms with Crippen molar-refractivity contribution in [2.24, 2.45) is 11.7 Å². The fraction of sp³-hybridized carbons (Fsp3) is 0.462. The molecule has 0 aliphatic heterocycles. The Morgan fingerprint density at radius 1 is 1.45 bits per heavy atom. The molecule has 0 aromatic heterocycles. The number of rotatable bonds is 8. The van der Waals surface area contributed by atoms with Gasteiger partial charge in [-0.3, -0.25) is 10.1 Å². The molecule has 6 nitrogen and oxygen atoms in total. The van der Waals surface area contributed by atoms with Gasteiger partial charge in [-0.1, -0.05) is 19.9 Å². The zero-order valence-electron chi connectivity index (χ0n) is 11.7. The number of benzene rings is 1. The number of nitrogens with two attached hydrogens (primary N) is 1. The SMILES string of the molecule is CC(C)CCS(=O)(=O)Nc1cccc(OCC(=N)N)c1. The molecule has 0 atom stereocenters. The van der Waals surface area contributed by atoms with Crippen molar-refractivity contribution in [3.8, 4) is 5.75 Å². The van der Waals surface area contributed by atoms with Crippen LogP contribution in [0.4, 0.5) is 5.69 Å². The molecule has 1 aromatic carbocycles. The molecule has 20 heavy (non-hydrogen) atoms. The molecule has 0 heterocycles. The van der Waals surface area contributed by atoms with Crippen LogP contribution in [0.5, 0.6) is 5.75 Å². The third-order valence-electron chi connectivity index (χ3n) is 2.47. The minimum atomic E-state index is -3.35. The molecule has 0 aliphatic rings. The summed E-state index contributed by atoms with van der Waals surface area (Å²) in [4.78, 5) is 0. The van der Waals surface area contributed by atoms with E-state index in [2.05, 4.69) is 4.72 Å². The monoisotopic (exact) mass is 299 g/mol. The predicted octanol–water partition coefficient (Wildman–Crippen LogP) is 1.79. The minimum absolute atomic E-state index is 0.0243. The first-order chi connectivity index (χ1) is 9.28. The van der Waals surface area contributed by atoms with E-state index in [0.717, 1.165) is 0 Å². The Balaban J connectivity index is 2.67. The molecular formula is C13H21N3O3S. The smallest absolute Gasteiger partial charge is 0.232 e.